The number of hydrogen-bond donors (Lipinski definition) is 0. The van der Waals surface area contributed by atoms with Crippen LogP contribution in [-0.4, -0.2) is 0 Å². The van der Waals surface area contributed by atoms with Crippen LogP contribution in [0, 0.1) is 37.7 Å². The minimum atomic E-state index is 0. The maximum Gasteiger partial charge on any atom is 0 e. The van der Waals surface area contributed by atoms with E-state index in [0.29, 0.717) is 0 Å². The zero-order chi connectivity index (χ0) is 4.71. The van der Waals surface area contributed by atoms with Crippen LogP contribution in [0.25, 0.3) is 0 Å². The van der Waals surface area contributed by atoms with E-state index in [9.17, 15) is 0 Å². The van der Waals surface area contributed by atoms with Crippen molar-refractivity contribution in [2.75, 3.05) is 0 Å². The van der Waals surface area contributed by atoms with Gasteiger partial charge in [0.25, 0.3) is 0 Å². The fourth-order valence-corrected chi connectivity index (χ4v) is 0. The van der Waals surface area contributed by atoms with Crippen LogP contribution in [0.4, 0.5) is 0 Å². The summed E-state index contributed by atoms with van der Waals surface area (Å²) in [6, 6.07) is 0. The molecule has 0 bridgehead atoms. The average molecular weight is 325 g/mol. The van der Waals surface area contributed by atoms with E-state index < -0.39 is 0 Å². The second-order valence-electron chi connectivity index (χ2n) is 0.707. The molecule has 0 amide bonds. The Morgan fingerprint density at radius 1 is 1.00 bits per heavy atom. The van der Waals surface area contributed by atoms with E-state index in [2.05, 4.69) is 13.8 Å². The Kier molecular flexibility index (Phi) is 264. The Morgan fingerprint density at radius 3 is 1.00 bits per heavy atom. The molecule has 0 rings (SSSR count). The molecule has 0 aromatic carbocycles. The Morgan fingerprint density at radius 2 is 1.00 bits per heavy atom. The first kappa shape index (κ1) is 32.5. The predicted molar refractivity (Wildman–Crippen MR) is 34.0 cm³/mol. The molecular weight excluding hydrogens is 307 g/mol. The monoisotopic (exact) mass is 325 g/mol. The predicted octanol–water partition coefficient (Wildman–Crippen LogP) is 3.08. The van der Waals surface area contributed by atoms with E-state index >= 15 is 0 Å². The Balaban J connectivity index is -0.00000000567. The quantitative estimate of drug-likeness (QED) is 0.642. The molecule has 0 saturated heterocycles. The van der Waals surface area contributed by atoms with E-state index in [1.165, 1.54) is 6.42 Å². The first-order valence-electron chi connectivity index (χ1n) is 2.41. The molecule has 0 N–H and O–H groups in total. The maximum atomic E-state index is 2.12. The molecule has 2 heteroatoms. The van der Waals surface area contributed by atoms with Crippen LogP contribution in [-0.2, 0) is 21.1 Å². The Hall–Kier alpha value is 1.95. The van der Waals surface area contributed by atoms with E-state index in [1.54, 1.807) is 0 Å². The summed E-state index contributed by atoms with van der Waals surface area (Å²) in [4.78, 5) is 0. The van der Waals surface area contributed by atoms with Gasteiger partial charge in [-0.25, -0.2) is 0 Å². The molecule has 0 aliphatic rings. The van der Waals surface area contributed by atoms with Crippen LogP contribution in [0.3, 0.4) is 0 Å². The van der Waals surface area contributed by atoms with Crippen LogP contribution < -0.4 is 0 Å². The fourth-order valence-electron chi connectivity index (χ4n) is 0. The topological polar surface area (TPSA) is 0 Å². The largest absolute Gasteiger partial charge is 0.0776 e. The zero-order valence-corrected chi connectivity index (χ0v) is 8.36. The molecule has 0 heterocycles. The minimum Gasteiger partial charge on any atom is -0.0776 e. The summed E-state index contributed by atoms with van der Waals surface area (Å²) in [5, 5.41) is 0. The molecular formula is C6H18ArPt. The molecule has 0 aliphatic heterocycles. The van der Waals surface area contributed by atoms with Crippen LogP contribution in [0.15, 0.2) is 0 Å². The molecule has 0 saturated carbocycles. The third kappa shape index (κ3) is 101. The smallest absolute Gasteiger partial charge is 0 e. The van der Waals surface area contributed by atoms with Gasteiger partial charge in [-0.05, 0) is 0 Å². The molecule has 0 aromatic rings. The summed E-state index contributed by atoms with van der Waals surface area (Å²) in [5.41, 5.74) is 0. The normalized spacial score (nSPS) is 3.00. The van der Waals surface area contributed by atoms with Crippen molar-refractivity contribution in [1.29, 1.82) is 0 Å². The SMILES string of the molecule is C.CC.CCC.[Ar].[Pt]. The standard InChI is InChI=1S/C3H8.C2H6.CH4.Ar.Pt/c1-3-2;1-2;;;/h3H2,1-2H3;1-2H3;1H4;;. The zero-order valence-electron chi connectivity index (χ0n) is 5.38. The molecule has 0 fully saturated rings. The summed E-state index contributed by atoms with van der Waals surface area (Å²) in [6.45, 7) is 8.25. The van der Waals surface area contributed by atoms with Gasteiger partial charge < -0.3 is 0 Å². The second kappa shape index (κ2) is 65.0. The summed E-state index contributed by atoms with van der Waals surface area (Å²) >= 11 is 0. The molecule has 0 aromatic heterocycles. The van der Waals surface area contributed by atoms with Gasteiger partial charge in [-0.2, -0.15) is 0 Å². The van der Waals surface area contributed by atoms with E-state index in [-0.39, 0.29) is 66.2 Å². The average Bonchev–Trinajstić information content (AvgIpc) is 1.46. The van der Waals surface area contributed by atoms with Gasteiger partial charge in [0.1, 0.15) is 0 Å². The molecule has 0 unspecified atom stereocenters. The fraction of sp³-hybridized carbons (Fsp3) is 1.00. The van der Waals surface area contributed by atoms with Gasteiger partial charge in [0.15, 0.2) is 0 Å². The molecule has 0 atom stereocenters. The first-order valence-corrected chi connectivity index (χ1v) is 2.41. The second-order valence-corrected chi connectivity index (χ2v) is 0.707. The van der Waals surface area contributed by atoms with Gasteiger partial charge >= 0.3 is 0 Å². The van der Waals surface area contributed by atoms with Gasteiger partial charge in [-0.3, -0.25) is 0 Å². The van der Waals surface area contributed by atoms with Crippen molar-refractivity contribution in [3.05, 3.63) is 0 Å². The summed E-state index contributed by atoms with van der Waals surface area (Å²) < 4.78 is 0. The van der Waals surface area contributed by atoms with Crippen molar-refractivity contribution in [1.82, 2.24) is 0 Å². The van der Waals surface area contributed by atoms with Gasteiger partial charge in [0.2, 0.25) is 0 Å². The molecule has 8 heavy (non-hydrogen) atoms. The molecule has 60 valence electrons. The van der Waals surface area contributed by atoms with Crippen molar-refractivity contribution in [2.24, 2.45) is 0 Å². The third-order valence-corrected chi connectivity index (χ3v) is 0. The van der Waals surface area contributed by atoms with Crippen molar-refractivity contribution in [3.63, 3.8) is 0 Å². The van der Waals surface area contributed by atoms with E-state index in [4.69, 9.17) is 0 Å². The maximum absolute atomic E-state index is 2.12. The molecule has 0 spiro atoms. The number of rotatable bonds is 0. The summed E-state index contributed by atoms with van der Waals surface area (Å²) in [5.74, 6) is 0. The van der Waals surface area contributed by atoms with Crippen molar-refractivity contribution >= 4 is 0 Å². The van der Waals surface area contributed by atoms with Gasteiger partial charge in [-0.1, -0.05) is 41.5 Å². The van der Waals surface area contributed by atoms with E-state index in [1.807, 2.05) is 13.8 Å². The molecule has 0 radical (unpaired) electrons. The van der Waals surface area contributed by atoms with Gasteiger partial charge in [0.05, 0.1) is 0 Å². The van der Waals surface area contributed by atoms with Crippen molar-refractivity contribution < 1.29 is 58.8 Å². The van der Waals surface area contributed by atoms with Crippen LogP contribution in [0.5, 0.6) is 0 Å². The molecule has 0 aliphatic carbocycles. The van der Waals surface area contributed by atoms with E-state index in [0.717, 1.165) is 0 Å². The number of hydrogen-bond acceptors (Lipinski definition) is 0. The Bertz CT molecular complexity index is 8.49. The van der Waals surface area contributed by atoms with Crippen molar-refractivity contribution in [2.45, 2.75) is 41.5 Å². The van der Waals surface area contributed by atoms with Crippen LogP contribution in [0.2, 0.25) is 0 Å². The van der Waals surface area contributed by atoms with Gasteiger partial charge in [0, 0.05) is 58.8 Å². The van der Waals surface area contributed by atoms with Gasteiger partial charge in [-0.15, -0.1) is 0 Å². The molecule has 0 nitrogen and oxygen atoms in total. The summed E-state index contributed by atoms with van der Waals surface area (Å²) in [6.07, 6.45) is 1.25. The van der Waals surface area contributed by atoms with Crippen LogP contribution >= 0.6 is 0 Å². The Labute approximate surface area is 99.1 Å². The summed E-state index contributed by atoms with van der Waals surface area (Å²) in [7, 11) is 0. The first-order chi connectivity index (χ1) is 2.41. The minimum absolute atomic E-state index is 0. The van der Waals surface area contributed by atoms with Crippen LogP contribution in [0.1, 0.15) is 41.5 Å². The third-order valence-electron chi connectivity index (χ3n) is 0. The van der Waals surface area contributed by atoms with Crippen molar-refractivity contribution in [3.8, 4) is 0 Å².